The molecule has 7 heteroatoms. The molecule has 4 aromatic rings. The number of nitrogens with zero attached hydrogens (tertiary/aromatic N) is 5. The second-order valence-electron chi connectivity index (χ2n) is 8.54. The molecule has 0 spiro atoms. The smallest absolute Gasteiger partial charge is 0.254 e. The lowest BCUT2D eigenvalue weighted by Crippen LogP contribution is -2.48. The lowest BCUT2D eigenvalue weighted by atomic mass is 10.1. The lowest BCUT2D eigenvalue weighted by Gasteiger charge is -2.34. The number of pyridine rings is 1. The first-order valence-electron chi connectivity index (χ1n) is 11.1. The molecule has 1 saturated heterocycles. The molecule has 0 saturated carbocycles. The molecule has 0 radical (unpaired) electrons. The minimum atomic E-state index is 0.0630. The van der Waals surface area contributed by atoms with Gasteiger partial charge in [0.2, 0.25) is 0 Å². The van der Waals surface area contributed by atoms with Gasteiger partial charge in [-0.3, -0.25) is 9.69 Å². The lowest BCUT2D eigenvalue weighted by molar-refractivity contribution is 0.0630. The number of benzene rings is 1. The van der Waals surface area contributed by atoms with Crippen LogP contribution in [0.15, 0.2) is 59.4 Å². The van der Waals surface area contributed by atoms with Crippen LogP contribution >= 0.6 is 11.3 Å². The van der Waals surface area contributed by atoms with E-state index in [-0.39, 0.29) is 11.9 Å². The maximum Gasteiger partial charge on any atom is 0.254 e. The van der Waals surface area contributed by atoms with Crippen LogP contribution in [0.1, 0.15) is 35.8 Å². The number of aromatic nitrogens is 3. The van der Waals surface area contributed by atoms with Gasteiger partial charge in [-0.1, -0.05) is 30.3 Å². The molecule has 32 heavy (non-hydrogen) atoms. The molecule has 1 aliphatic heterocycles. The van der Waals surface area contributed by atoms with E-state index in [1.165, 1.54) is 5.56 Å². The van der Waals surface area contributed by atoms with Gasteiger partial charge in [-0.05, 0) is 42.3 Å². The van der Waals surface area contributed by atoms with Crippen LogP contribution in [-0.2, 0) is 6.54 Å². The maximum absolute atomic E-state index is 13.6. The number of hydrogen-bond acceptors (Lipinski definition) is 5. The van der Waals surface area contributed by atoms with Crippen molar-refractivity contribution in [3.8, 4) is 11.3 Å². The molecule has 1 fully saturated rings. The number of thiophene rings is 1. The summed E-state index contributed by atoms with van der Waals surface area (Å²) in [5, 5.41) is 9.68. The fraction of sp³-hybridized carbons (Fsp3) is 0.320. The van der Waals surface area contributed by atoms with Crippen LogP contribution in [0.5, 0.6) is 0 Å². The maximum atomic E-state index is 13.6. The predicted molar refractivity (Wildman–Crippen MR) is 129 cm³/mol. The molecular formula is C25H27N5OS. The summed E-state index contributed by atoms with van der Waals surface area (Å²) in [5.41, 5.74) is 4.60. The Hall–Kier alpha value is -3.03. The van der Waals surface area contributed by atoms with Gasteiger partial charge in [-0.15, -0.1) is 0 Å². The van der Waals surface area contributed by atoms with Crippen LogP contribution in [0.2, 0.25) is 0 Å². The van der Waals surface area contributed by atoms with Gasteiger partial charge in [-0.2, -0.15) is 16.4 Å². The molecule has 0 aliphatic carbocycles. The van der Waals surface area contributed by atoms with Crippen molar-refractivity contribution in [1.29, 1.82) is 0 Å². The molecule has 0 N–H and O–H groups in total. The Bertz CT molecular complexity index is 1210. The van der Waals surface area contributed by atoms with Crippen molar-refractivity contribution in [2.24, 2.45) is 0 Å². The Morgan fingerprint density at radius 1 is 1.09 bits per heavy atom. The van der Waals surface area contributed by atoms with E-state index < -0.39 is 0 Å². The van der Waals surface area contributed by atoms with Gasteiger partial charge in [0.15, 0.2) is 5.65 Å². The second kappa shape index (κ2) is 8.84. The second-order valence-corrected chi connectivity index (χ2v) is 9.32. The average Bonchev–Trinajstić information content (AvgIpc) is 3.49. The Morgan fingerprint density at radius 2 is 1.88 bits per heavy atom. The molecule has 1 amide bonds. The van der Waals surface area contributed by atoms with Gasteiger partial charge in [-0.25, -0.2) is 9.67 Å². The summed E-state index contributed by atoms with van der Waals surface area (Å²) in [6, 6.07) is 14.3. The van der Waals surface area contributed by atoms with Gasteiger partial charge < -0.3 is 4.90 Å². The Labute approximate surface area is 192 Å². The van der Waals surface area contributed by atoms with Gasteiger partial charge in [0.25, 0.3) is 5.91 Å². The van der Waals surface area contributed by atoms with Gasteiger partial charge in [0.05, 0.1) is 22.8 Å². The third-order valence-electron chi connectivity index (χ3n) is 6.00. The van der Waals surface area contributed by atoms with E-state index in [2.05, 4.69) is 40.7 Å². The zero-order valence-corrected chi connectivity index (χ0v) is 19.3. The van der Waals surface area contributed by atoms with E-state index in [1.54, 1.807) is 17.5 Å². The standard InChI is InChI=1S/C25H27N5OS/c1-18(2)30-24-22(15-26-30)21(14-23(27-24)20-6-4-3-5-7-20)25(31)29-11-9-28(10-12-29)16-19-8-13-32-17-19/h3-8,13-15,17-18H,9-12,16H2,1-2H3. The van der Waals surface area contributed by atoms with Gasteiger partial charge >= 0.3 is 0 Å². The Kier molecular flexibility index (Phi) is 5.76. The van der Waals surface area contributed by atoms with Crippen molar-refractivity contribution in [2.45, 2.75) is 26.4 Å². The summed E-state index contributed by atoms with van der Waals surface area (Å²) < 4.78 is 1.90. The minimum absolute atomic E-state index is 0.0630. The van der Waals surface area contributed by atoms with Crippen molar-refractivity contribution in [2.75, 3.05) is 26.2 Å². The normalized spacial score (nSPS) is 15.0. The molecule has 0 bridgehead atoms. The number of hydrogen-bond donors (Lipinski definition) is 0. The number of rotatable bonds is 5. The summed E-state index contributed by atoms with van der Waals surface area (Å²) >= 11 is 1.73. The van der Waals surface area contributed by atoms with Crippen LogP contribution < -0.4 is 0 Å². The number of fused-ring (bicyclic) bond motifs is 1. The quantitative estimate of drug-likeness (QED) is 0.447. The number of carbonyl (C=O) groups excluding carboxylic acids is 1. The molecule has 164 valence electrons. The van der Waals surface area contributed by atoms with Crippen molar-refractivity contribution < 1.29 is 4.79 Å². The molecule has 1 aliphatic rings. The van der Waals surface area contributed by atoms with E-state index >= 15 is 0 Å². The molecule has 5 rings (SSSR count). The van der Waals surface area contributed by atoms with E-state index in [9.17, 15) is 4.79 Å². The molecule has 0 atom stereocenters. The highest BCUT2D eigenvalue weighted by Gasteiger charge is 2.26. The Morgan fingerprint density at radius 3 is 2.56 bits per heavy atom. The van der Waals surface area contributed by atoms with Crippen LogP contribution in [-0.4, -0.2) is 56.7 Å². The summed E-state index contributed by atoms with van der Waals surface area (Å²) in [5.74, 6) is 0.0630. The first-order chi connectivity index (χ1) is 15.6. The van der Waals surface area contributed by atoms with Crippen LogP contribution in [0.4, 0.5) is 0 Å². The highest BCUT2D eigenvalue weighted by Crippen LogP contribution is 2.27. The third-order valence-corrected chi connectivity index (χ3v) is 6.73. The average molecular weight is 446 g/mol. The fourth-order valence-electron chi connectivity index (χ4n) is 4.25. The van der Waals surface area contributed by atoms with Crippen molar-refractivity contribution in [3.63, 3.8) is 0 Å². The summed E-state index contributed by atoms with van der Waals surface area (Å²) in [6.45, 7) is 8.33. The largest absolute Gasteiger partial charge is 0.336 e. The molecule has 0 unspecified atom stereocenters. The van der Waals surface area contributed by atoms with Crippen molar-refractivity contribution in [3.05, 3.63) is 70.5 Å². The number of carbonyl (C=O) groups is 1. The first-order valence-corrected chi connectivity index (χ1v) is 12.0. The van der Waals surface area contributed by atoms with Crippen LogP contribution in [0, 0.1) is 0 Å². The molecule has 3 aromatic heterocycles. The van der Waals surface area contributed by atoms with Crippen molar-refractivity contribution >= 4 is 28.3 Å². The Balaban J connectivity index is 1.44. The summed E-state index contributed by atoms with van der Waals surface area (Å²) in [4.78, 5) is 22.9. The highest BCUT2D eigenvalue weighted by molar-refractivity contribution is 7.07. The molecule has 1 aromatic carbocycles. The van der Waals surface area contributed by atoms with Crippen LogP contribution in [0.3, 0.4) is 0 Å². The predicted octanol–water partition coefficient (Wildman–Crippen LogP) is 4.70. The van der Waals surface area contributed by atoms with Gasteiger partial charge in [0, 0.05) is 44.3 Å². The van der Waals surface area contributed by atoms with E-state index in [4.69, 9.17) is 4.98 Å². The summed E-state index contributed by atoms with van der Waals surface area (Å²) in [6.07, 6.45) is 1.79. The van der Waals surface area contributed by atoms with E-state index in [1.807, 2.05) is 46.0 Å². The van der Waals surface area contributed by atoms with Crippen molar-refractivity contribution in [1.82, 2.24) is 24.6 Å². The monoisotopic (exact) mass is 445 g/mol. The molecule has 4 heterocycles. The highest BCUT2D eigenvalue weighted by atomic mass is 32.1. The number of piperazine rings is 1. The van der Waals surface area contributed by atoms with E-state index in [0.29, 0.717) is 5.56 Å². The zero-order valence-electron chi connectivity index (χ0n) is 18.4. The molecular weight excluding hydrogens is 418 g/mol. The first kappa shape index (κ1) is 20.8. The minimum Gasteiger partial charge on any atom is -0.336 e. The fourth-order valence-corrected chi connectivity index (χ4v) is 4.91. The van der Waals surface area contributed by atoms with Crippen LogP contribution in [0.25, 0.3) is 22.3 Å². The third kappa shape index (κ3) is 4.06. The van der Waals surface area contributed by atoms with E-state index in [0.717, 1.165) is 55.0 Å². The SMILES string of the molecule is CC(C)n1ncc2c(C(=O)N3CCN(Cc4ccsc4)CC3)cc(-c3ccccc3)nc21. The zero-order chi connectivity index (χ0) is 22.1. The topological polar surface area (TPSA) is 54.3 Å². The van der Waals surface area contributed by atoms with Gasteiger partial charge in [0.1, 0.15) is 0 Å². The summed E-state index contributed by atoms with van der Waals surface area (Å²) in [7, 11) is 0. The molecule has 6 nitrogen and oxygen atoms in total. The number of amides is 1.